The third-order valence-corrected chi connectivity index (χ3v) is 4.36. The van der Waals surface area contributed by atoms with Gasteiger partial charge < -0.3 is 10.8 Å². The second kappa shape index (κ2) is 5.64. The summed E-state index contributed by atoms with van der Waals surface area (Å²) in [4.78, 5) is 2.75. The van der Waals surface area contributed by atoms with Crippen molar-refractivity contribution in [2.75, 3.05) is 13.2 Å². The van der Waals surface area contributed by atoms with Gasteiger partial charge in [0.2, 0.25) is 0 Å². The van der Waals surface area contributed by atoms with Crippen LogP contribution in [0.4, 0.5) is 0 Å². The van der Waals surface area contributed by atoms with E-state index in [4.69, 9.17) is 5.73 Å². The first-order valence-corrected chi connectivity index (χ1v) is 6.40. The molecule has 1 aromatic heterocycles. The van der Waals surface area contributed by atoms with E-state index in [1.54, 1.807) is 0 Å². The van der Waals surface area contributed by atoms with Crippen molar-refractivity contribution in [3.8, 4) is 0 Å². The maximum Gasteiger partial charge on any atom is 0.0502 e. The lowest BCUT2D eigenvalue weighted by molar-refractivity contribution is 0.128. The van der Waals surface area contributed by atoms with Crippen LogP contribution in [0.25, 0.3) is 0 Å². The van der Waals surface area contributed by atoms with Crippen LogP contribution >= 0.6 is 11.3 Å². The Kier molecular flexibility index (Phi) is 4.77. The lowest BCUT2D eigenvalue weighted by atomic mass is 9.82. The summed E-state index contributed by atoms with van der Waals surface area (Å²) in [6, 6.07) is 4.34. The second-order valence-electron chi connectivity index (χ2n) is 4.11. The van der Waals surface area contributed by atoms with E-state index in [9.17, 15) is 5.11 Å². The molecule has 1 aromatic rings. The number of thiophene rings is 1. The van der Waals surface area contributed by atoms with Crippen LogP contribution in [0.3, 0.4) is 0 Å². The van der Waals surface area contributed by atoms with Gasteiger partial charge in [0, 0.05) is 21.7 Å². The van der Waals surface area contributed by atoms with Gasteiger partial charge in [-0.1, -0.05) is 13.8 Å². The van der Waals surface area contributed by atoms with Crippen molar-refractivity contribution >= 4 is 11.3 Å². The molecule has 3 heteroatoms. The molecule has 1 atom stereocenters. The number of aryl methyl sites for hydroxylation is 1. The predicted octanol–water partition coefficient (Wildman–Crippen LogP) is 2.20. The van der Waals surface area contributed by atoms with E-state index in [0.717, 1.165) is 19.3 Å². The zero-order valence-electron chi connectivity index (χ0n) is 9.62. The molecule has 0 saturated heterocycles. The number of hydrogen-bond donors (Lipinski definition) is 2. The van der Waals surface area contributed by atoms with Gasteiger partial charge in [-0.25, -0.2) is 0 Å². The van der Waals surface area contributed by atoms with Crippen LogP contribution in [0.2, 0.25) is 0 Å². The molecule has 3 N–H and O–H groups in total. The van der Waals surface area contributed by atoms with Gasteiger partial charge in [-0.15, -0.1) is 11.3 Å². The topological polar surface area (TPSA) is 46.2 Å². The molecular formula is C12H21NOS. The van der Waals surface area contributed by atoms with Crippen LogP contribution < -0.4 is 5.73 Å². The molecule has 0 aliphatic heterocycles. The Morgan fingerprint density at radius 3 is 2.40 bits per heavy atom. The van der Waals surface area contributed by atoms with Crippen molar-refractivity contribution in [2.45, 2.75) is 33.1 Å². The first-order chi connectivity index (χ1) is 7.19. The van der Waals surface area contributed by atoms with Gasteiger partial charge in [-0.2, -0.15) is 0 Å². The molecule has 1 rings (SSSR count). The molecule has 15 heavy (non-hydrogen) atoms. The molecule has 1 heterocycles. The fourth-order valence-electron chi connectivity index (χ4n) is 1.65. The Bertz CT molecular complexity index is 283. The maximum absolute atomic E-state index is 9.43. The van der Waals surface area contributed by atoms with Gasteiger partial charge in [0.1, 0.15) is 0 Å². The summed E-state index contributed by atoms with van der Waals surface area (Å²) in [5.41, 5.74) is 5.65. The van der Waals surface area contributed by atoms with Gasteiger partial charge in [0.15, 0.2) is 0 Å². The summed E-state index contributed by atoms with van der Waals surface area (Å²) in [6.07, 6.45) is 2.92. The van der Waals surface area contributed by atoms with Crippen molar-refractivity contribution in [3.63, 3.8) is 0 Å². The quantitative estimate of drug-likeness (QED) is 0.782. The van der Waals surface area contributed by atoms with Crippen LogP contribution in [0.5, 0.6) is 0 Å². The Balaban J connectivity index is 2.73. The van der Waals surface area contributed by atoms with Crippen molar-refractivity contribution < 1.29 is 5.11 Å². The van der Waals surface area contributed by atoms with Gasteiger partial charge in [0.25, 0.3) is 0 Å². The van der Waals surface area contributed by atoms with Gasteiger partial charge >= 0.3 is 0 Å². The monoisotopic (exact) mass is 227 g/mol. The Labute approximate surface area is 96.1 Å². The van der Waals surface area contributed by atoms with Crippen LogP contribution in [-0.2, 0) is 12.8 Å². The first kappa shape index (κ1) is 12.7. The van der Waals surface area contributed by atoms with E-state index < -0.39 is 0 Å². The summed E-state index contributed by atoms with van der Waals surface area (Å²) in [5, 5.41) is 9.43. The van der Waals surface area contributed by atoms with Gasteiger partial charge in [0.05, 0.1) is 6.61 Å². The molecular weight excluding hydrogens is 206 g/mol. The highest BCUT2D eigenvalue weighted by Gasteiger charge is 2.26. The van der Waals surface area contributed by atoms with Crippen molar-refractivity contribution in [3.05, 3.63) is 21.9 Å². The SMILES string of the molecule is CCc1ccc(CC(CC)(CN)CO)s1. The number of rotatable bonds is 6. The van der Waals surface area contributed by atoms with Crippen LogP contribution in [0, 0.1) is 5.41 Å². The summed E-state index contributed by atoms with van der Waals surface area (Å²) in [5.74, 6) is 0. The van der Waals surface area contributed by atoms with Crippen LogP contribution in [0.1, 0.15) is 30.0 Å². The minimum atomic E-state index is -0.115. The molecule has 0 radical (unpaired) electrons. The molecule has 86 valence electrons. The highest BCUT2D eigenvalue weighted by Crippen LogP contribution is 2.29. The summed E-state index contributed by atoms with van der Waals surface area (Å²) < 4.78 is 0. The summed E-state index contributed by atoms with van der Waals surface area (Å²) in [7, 11) is 0. The van der Waals surface area contributed by atoms with E-state index in [1.807, 2.05) is 11.3 Å². The standard InChI is InChI=1S/C12H21NOS/c1-3-10-5-6-11(15-10)7-12(4-2,8-13)9-14/h5-6,14H,3-4,7-9,13H2,1-2H3. The Morgan fingerprint density at radius 1 is 1.33 bits per heavy atom. The summed E-state index contributed by atoms with van der Waals surface area (Å²) >= 11 is 1.84. The van der Waals surface area contributed by atoms with Crippen LogP contribution in [0.15, 0.2) is 12.1 Å². The van der Waals surface area contributed by atoms with Crippen molar-refractivity contribution in [1.82, 2.24) is 0 Å². The average Bonchev–Trinajstić information content (AvgIpc) is 2.73. The molecule has 0 fully saturated rings. The van der Waals surface area contributed by atoms with Gasteiger partial charge in [-0.05, 0) is 31.4 Å². The third kappa shape index (κ3) is 3.03. The van der Waals surface area contributed by atoms with Gasteiger partial charge in [-0.3, -0.25) is 0 Å². The lowest BCUT2D eigenvalue weighted by Gasteiger charge is -2.28. The third-order valence-electron chi connectivity index (χ3n) is 3.13. The predicted molar refractivity (Wildman–Crippen MR) is 66.3 cm³/mol. The molecule has 0 amide bonds. The Morgan fingerprint density at radius 2 is 2.00 bits per heavy atom. The molecule has 2 nitrogen and oxygen atoms in total. The molecule has 0 aliphatic rings. The minimum absolute atomic E-state index is 0.115. The molecule has 1 unspecified atom stereocenters. The number of nitrogens with two attached hydrogens (primary N) is 1. The zero-order valence-corrected chi connectivity index (χ0v) is 10.4. The van der Waals surface area contributed by atoms with E-state index in [0.29, 0.717) is 6.54 Å². The second-order valence-corrected chi connectivity index (χ2v) is 5.37. The fourth-order valence-corrected chi connectivity index (χ4v) is 2.78. The summed E-state index contributed by atoms with van der Waals surface area (Å²) in [6.45, 7) is 4.99. The molecule has 0 spiro atoms. The minimum Gasteiger partial charge on any atom is -0.396 e. The van der Waals surface area contributed by atoms with Crippen molar-refractivity contribution in [2.24, 2.45) is 11.1 Å². The average molecular weight is 227 g/mol. The van der Waals surface area contributed by atoms with Crippen LogP contribution in [-0.4, -0.2) is 18.3 Å². The van der Waals surface area contributed by atoms with Crippen molar-refractivity contribution in [1.29, 1.82) is 0 Å². The van der Waals surface area contributed by atoms with E-state index >= 15 is 0 Å². The smallest absolute Gasteiger partial charge is 0.0502 e. The van der Waals surface area contributed by atoms with E-state index in [1.165, 1.54) is 9.75 Å². The number of aliphatic hydroxyl groups is 1. The normalized spacial score (nSPS) is 15.2. The Hall–Kier alpha value is -0.380. The first-order valence-electron chi connectivity index (χ1n) is 5.58. The molecule has 0 saturated carbocycles. The maximum atomic E-state index is 9.43. The zero-order chi connectivity index (χ0) is 11.3. The fraction of sp³-hybridized carbons (Fsp3) is 0.667. The highest BCUT2D eigenvalue weighted by molar-refractivity contribution is 7.11. The lowest BCUT2D eigenvalue weighted by Crippen LogP contribution is -2.35. The highest BCUT2D eigenvalue weighted by atomic mass is 32.1. The number of hydrogen-bond acceptors (Lipinski definition) is 3. The van der Waals surface area contributed by atoms with E-state index in [-0.39, 0.29) is 12.0 Å². The van der Waals surface area contributed by atoms with E-state index in [2.05, 4.69) is 26.0 Å². The molecule has 0 aromatic carbocycles. The molecule has 0 aliphatic carbocycles. The largest absolute Gasteiger partial charge is 0.396 e. The molecule has 0 bridgehead atoms. The number of aliphatic hydroxyl groups excluding tert-OH is 1.